The number of methoxy groups -OCH3 is 1. The molecule has 0 aliphatic heterocycles. The number of thiophene rings is 2. The van der Waals surface area contributed by atoms with E-state index in [2.05, 4.69) is 4.74 Å². The standard InChI is InChI=1S/2C7H8O2S/c1-5-6(2-3-10-5)4-7(8)9;1-9-7(8)5-6-3-2-4-10-6/h2-3H,4H2,1H3,(H,8,9);2-4H,5H2,1H3. The van der Waals surface area contributed by atoms with Gasteiger partial charge >= 0.3 is 11.9 Å². The zero-order valence-corrected chi connectivity index (χ0v) is 12.9. The molecule has 0 aliphatic rings. The second-order valence-electron chi connectivity index (χ2n) is 3.90. The SMILES string of the molecule is COC(=O)Cc1cccs1.Cc1sccc1CC(=O)O. The second kappa shape index (κ2) is 8.50. The van der Waals surface area contributed by atoms with Crippen molar-refractivity contribution < 1.29 is 19.4 Å². The zero-order valence-electron chi connectivity index (χ0n) is 11.3. The smallest absolute Gasteiger partial charge is 0.310 e. The summed E-state index contributed by atoms with van der Waals surface area (Å²) in [7, 11) is 1.40. The van der Waals surface area contributed by atoms with Crippen LogP contribution in [0.1, 0.15) is 15.3 Å². The van der Waals surface area contributed by atoms with E-state index < -0.39 is 5.97 Å². The van der Waals surface area contributed by atoms with Gasteiger partial charge in [0.1, 0.15) is 0 Å². The number of carboxylic acid groups (broad SMARTS) is 1. The Labute approximate surface area is 125 Å². The number of ether oxygens (including phenoxy) is 1. The molecular formula is C14H16O4S2. The summed E-state index contributed by atoms with van der Waals surface area (Å²) in [5, 5.41) is 12.3. The molecule has 0 spiro atoms. The molecule has 6 heteroatoms. The number of rotatable bonds is 4. The van der Waals surface area contributed by atoms with Crippen LogP contribution in [0.5, 0.6) is 0 Å². The van der Waals surface area contributed by atoms with Crippen LogP contribution >= 0.6 is 22.7 Å². The predicted octanol–water partition coefficient (Wildman–Crippen LogP) is 3.15. The number of carboxylic acids is 1. The van der Waals surface area contributed by atoms with Gasteiger partial charge in [0.2, 0.25) is 0 Å². The number of hydrogen-bond acceptors (Lipinski definition) is 5. The zero-order chi connectivity index (χ0) is 15.0. The summed E-state index contributed by atoms with van der Waals surface area (Å²) >= 11 is 3.15. The highest BCUT2D eigenvalue weighted by Gasteiger charge is 2.03. The van der Waals surface area contributed by atoms with Crippen molar-refractivity contribution in [2.24, 2.45) is 0 Å². The third kappa shape index (κ3) is 5.99. The summed E-state index contributed by atoms with van der Waals surface area (Å²) in [4.78, 5) is 23.0. The van der Waals surface area contributed by atoms with Crippen molar-refractivity contribution >= 4 is 34.6 Å². The van der Waals surface area contributed by atoms with Crippen molar-refractivity contribution in [2.75, 3.05) is 7.11 Å². The lowest BCUT2D eigenvalue weighted by Gasteiger charge is -1.93. The van der Waals surface area contributed by atoms with Gasteiger partial charge in [0.15, 0.2) is 0 Å². The molecule has 2 rings (SSSR count). The molecule has 0 unspecified atom stereocenters. The molecule has 4 nitrogen and oxygen atoms in total. The summed E-state index contributed by atoms with van der Waals surface area (Å²) in [5.74, 6) is -0.941. The number of hydrogen-bond donors (Lipinski definition) is 1. The highest BCUT2D eigenvalue weighted by atomic mass is 32.1. The predicted molar refractivity (Wildman–Crippen MR) is 80.4 cm³/mol. The van der Waals surface area contributed by atoms with Crippen LogP contribution in [0.15, 0.2) is 29.0 Å². The molecular weight excluding hydrogens is 296 g/mol. The Hall–Kier alpha value is -1.66. The molecule has 0 saturated heterocycles. The lowest BCUT2D eigenvalue weighted by atomic mass is 10.2. The fourth-order valence-electron chi connectivity index (χ4n) is 1.39. The number of esters is 1. The molecule has 0 fully saturated rings. The Balaban J connectivity index is 0.000000200. The summed E-state index contributed by atoms with van der Waals surface area (Å²) < 4.78 is 4.49. The molecule has 0 amide bonds. The van der Waals surface area contributed by atoms with Gasteiger partial charge in [-0.3, -0.25) is 9.59 Å². The molecule has 2 heterocycles. The van der Waals surface area contributed by atoms with Gasteiger partial charge in [-0.05, 0) is 35.4 Å². The normalized spacial score (nSPS) is 9.50. The van der Waals surface area contributed by atoms with Crippen molar-refractivity contribution in [3.63, 3.8) is 0 Å². The largest absolute Gasteiger partial charge is 0.481 e. The Morgan fingerprint density at radius 1 is 1.20 bits per heavy atom. The van der Waals surface area contributed by atoms with Crippen molar-refractivity contribution in [3.8, 4) is 0 Å². The lowest BCUT2D eigenvalue weighted by Crippen LogP contribution is -2.02. The molecule has 0 atom stereocenters. The Kier molecular flexibility index (Phi) is 6.97. The first kappa shape index (κ1) is 16.4. The molecule has 0 saturated carbocycles. The fraction of sp³-hybridized carbons (Fsp3) is 0.286. The number of aryl methyl sites for hydroxylation is 1. The van der Waals surface area contributed by atoms with Gasteiger partial charge in [-0.2, -0.15) is 0 Å². The molecule has 1 N–H and O–H groups in total. The molecule has 108 valence electrons. The van der Waals surface area contributed by atoms with Crippen molar-refractivity contribution in [2.45, 2.75) is 19.8 Å². The topological polar surface area (TPSA) is 63.6 Å². The van der Waals surface area contributed by atoms with Gasteiger partial charge in [-0.25, -0.2) is 0 Å². The van der Waals surface area contributed by atoms with Gasteiger partial charge in [-0.1, -0.05) is 6.07 Å². The van der Waals surface area contributed by atoms with E-state index in [4.69, 9.17) is 5.11 Å². The van der Waals surface area contributed by atoms with Gasteiger partial charge in [0.25, 0.3) is 0 Å². The molecule has 20 heavy (non-hydrogen) atoms. The lowest BCUT2D eigenvalue weighted by molar-refractivity contribution is -0.140. The first-order valence-electron chi connectivity index (χ1n) is 5.87. The van der Waals surface area contributed by atoms with Gasteiger partial charge in [-0.15, -0.1) is 22.7 Å². The average molecular weight is 312 g/mol. The quantitative estimate of drug-likeness (QED) is 0.881. The highest BCUT2D eigenvalue weighted by molar-refractivity contribution is 7.10. The maximum Gasteiger partial charge on any atom is 0.310 e. The van der Waals surface area contributed by atoms with Crippen molar-refractivity contribution in [1.82, 2.24) is 0 Å². The minimum absolute atomic E-state index is 0.148. The minimum atomic E-state index is -0.762. The molecule has 0 bridgehead atoms. The van der Waals surface area contributed by atoms with Crippen LogP contribution in [0.2, 0.25) is 0 Å². The van der Waals surface area contributed by atoms with Crippen LogP contribution in [0.3, 0.4) is 0 Å². The van der Waals surface area contributed by atoms with E-state index in [0.29, 0.717) is 6.42 Å². The van der Waals surface area contributed by atoms with E-state index in [9.17, 15) is 9.59 Å². The Morgan fingerprint density at radius 2 is 1.95 bits per heavy atom. The van der Waals surface area contributed by atoms with E-state index >= 15 is 0 Å². The summed E-state index contributed by atoms with van der Waals surface area (Å²) in [6, 6.07) is 5.69. The molecule has 0 aromatic carbocycles. The highest BCUT2D eigenvalue weighted by Crippen LogP contribution is 2.15. The number of carbonyl (C=O) groups is 2. The van der Waals surface area contributed by atoms with Gasteiger partial charge in [0.05, 0.1) is 20.0 Å². The Morgan fingerprint density at radius 3 is 2.40 bits per heavy atom. The van der Waals surface area contributed by atoms with Crippen molar-refractivity contribution in [1.29, 1.82) is 0 Å². The second-order valence-corrected chi connectivity index (χ2v) is 6.06. The molecule has 0 aliphatic carbocycles. The van der Waals surface area contributed by atoms with Crippen LogP contribution in [0.4, 0.5) is 0 Å². The van der Waals surface area contributed by atoms with Crippen LogP contribution in [-0.2, 0) is 27.2 Å². The average Bonchev–Trinajstić information content (AvgIpc) is 3.03. The monoisotopic (exact) mass is 312 g/mol. The van der Waals surface area contributed by atoms with Gasteiger partial charge in [0, 0.05) is 9.75 Å². The summed E-state index contributed by atoms with van der Waals surface area (Å²) in [6.07, 6.45) is 0.545. The van der Waals surface area contributed by atoms with E-state index in [1.807, 2.05) is 35.9 Å². The van der Waals surface area contributed by atoms with E-state index in [-0.39, 0.29) is 12.4 Å². The third-order valence-corrected chi connectivity index (χ3v) is 4.20. The molecule has 2 aromatic heterocycles. The van der Waals surface area contributed by atoms with E-state index in [1.165, 1.54) is 7.11 Å². The van der Waals surface area contributed by atoms with Crippen LogP contribution < -0.4 is 0 Å². The van der Waals surface area contributed by atoms with E-state index in [0.717, 1.165) is 15.3 Å². The molecule has 0 radical (unpaired) electrons. The molecule has 2 aromatic rings. The van der Waals surface area contributed by atoms with Gasteiger partial charge < -0.3 is 9.84 Å². The fourth-order valence-corrected chi connectivity index (χ4v) is 2.80. The van der Waals surface area contributed by atoms with Crippen LogP contribution in [0.25, 0.3) is 0 Å². The maximum absolute atomic E-state index is 10.7. The minimum Gasteiger partial charge on any atom is -0.481 e. The number of carbonyl (C=O) groups excluding carboxylic acids is 1. The first-order valence-corrected chi connectivity index (χ1v) is 7.62. The number of aliphatic carboxylic acids is 1. The van der Waals surface area contributed by atoms with E-state index in [1.54, 1.807) is 22.7 Å². The maximum atomic E-state index is 10.7. The van der Waals surface area contributed by atoms with Crippen LogP contribution in [0, 0.1) is 6.92 Å². The first-order chi connectivity index (χ1) is 9.52. The summed E-state index contributed by atoms with van der Waals surface area (Å²) in [6.45, 7) is 1.93. The van der Waals surface area contributed by atoms with Crippen LogP contribution in [-0.4, -0.2) is 24.2 Å². The summed E-state index contributed by atoms with van der Waals surface area (Å²) in [5.41, 5.74) is 0.928. The van der Waals surface area contributed by atoms with Crippen molar-refractivity contribution in [3.05, 3.63) is 44.3 Å². The Bertz CT molecular complexity index is 543. The third-order valence-electron chi connectivity index (χ3n) is 2.43.